The number of hydrogen-bond donors (Lipinski definition) is 0. The van der Waals surface area contributed by atoms with E-state index >= 15 is 0 Å². The lowest BCUT2D eigenvalue weighted by atomic mass is 10.1. The van der Waals surface area contributed by atoms with Gasteiger partial charge < -0.3 is 9.64 Å². The fraction of sp³-hybridized carbons (Fsp3) is 0.381. The molecule has 0 spiro atoms. The Morgan fingerprint density at radius 1 is 1.21 bits per heavy atom. The van der Waals surface area contributed by atoms with Crippen molar-refractivity contribution in [3.8, 4) is 11.3 Å². The van der Waals surface area contributed by atoms with Crippen LogP contribution in [0.5, 0.6) is 0 Å². The fourth-order valence-electron chi connectivity index (χ4n) is 3.68. The van der Waals surface area contributed by atoms with E-state index in [0.29, 0.717) is 50.4 Å². The van der Waals surface area contributed by atoms with Gasteiger partial charge in [-0.15, -0.1) is 0 Å². The maximum atomic E-state index is 13.6. The standard InChI is InChI=1S/C21H23FN4O2/c1-14-18(6-7-21(27)25-8-10-28-11-9-25)15(2)26-20(23-14)13-19(24-26)16-4-3-5-17(22)12-16/h3-5,12-13H,6-11H2,1-2H3. The van der Waals surface area contributed by atoms with Crippen LogP contribution in [0.3, 0.4) is 0 Å². The van der Waals surface area contributed by atoms with E-state index in [1.807, 2.05) is 30.9 Å². The zero-order valence-electron chi connectivity index (χ0n) is 16.1. The highest BCUT2D eigenvalue weighted by Gasteiger charge is 2.19. The van der Waals surface area contributed by atoms with Crippen LogP contribution in [0.1, 0.15) is 23.4 Å². The van der Waals surface area contributed by atoms with E-state index in [4.69, 9.17) is 4.74 Å². The van der Waals surface area contributed by atoms with Crippen molar-refractivity contribution in [1.29, 1.82) is 0 Å². The first-order valence-corrected chi connectivity index (χ1v) is 9.50. The normalized spacial score (nSPS) is 14.6. The number of benzene rings is 1. The number of ether oxygens (including phenoxy) is 1. The van der Waals surface area contributed by atoms with Crippen molar-refractivity contribution in [1.82, 2.24) is 19.5 Å². The van der Waals surface area contributed by atoms with Gasteiger partial charge in [0.15, 0.2) is 5.65 Å². The molecule has 3 heterocycles. The zero-order valence-corrected chi connectivity index (χ0v) is 16.1. The number of halogens is 1. The molecule has 0 atom stereocenters. The molecule has 4 rings (SSSR count). The van der Waals surface area contributed by atoms with Crippen LogP contribution in [0.2, 0.25) is 0 Å². The smallest absolute Gasteiger partial charge is 0.223 e. The summed E-state index contributed by atoms with van der Waals surface area (Å²) in [6.07, 6.45) is 1.05. The lowest BCUT2D eigenvalue weighted by Crippen LogP contribution is -2.40. The molecule has 0 radical (unpaired) electrons. The molecule has 146 valence electrons. The number of fused-ring (bicyclic) bond motifs is 1. The van der Waals surface area contributed by atoms with Crippen molar-refractivity contribution in [3.05, 3.63) is 53.1 Å². The second-order valence-corrected chi connectivity index (χ2v) is 7.06. The van der Waals surface area contributed by atoms with Crippen molar-refractivity contribution in [2.75, 3.05) is 26.3 Å². The van der Waals surface area contributed by atoms with Gasteiger partial charge in [-0.3, -0.25) is 4.79 Å². The molecule has 1 aliphatic rings. The SMILES string of the molecule is Cc1nc2cc(-c3cccc(F)c3)nn2c(C)c1CCC(=O)N1CCOCC1. The first kappa shape index (κ1) is 18.6. The number of morpholine rings is 1. The Hall–Kier alpha value is -2.80. The average molecular weight is 382 g/mol. The topological polar surface area (TPSA) is 59.7 Å². The Labute approximate surface area is 162 Å². The van der Waals surface area contributed by atoms with Crippen LogP contribution in [0, 0.1) is 19.7 Å². The van der Waals surface area contributed by atoms with Crippen molar-refractivity contribution in [2.24, 2.45) is 0 Å². The van der Waals surface area contributed by atoms with Crippen LogP contribution in [-0.2, 0) is 16.0 Å². The predicted octanol–water partition coefficient (Wildman–Crippen LogP) is 2.94. The summed E-state index contributed by atoms with van der Waals surface area (Å²) in [6, 6.07) is 8.23. The molecule has 0 unspecified atom stereocenters. The van der Waals surface area contributed by atoms with Crippen LogP contribution < -0.4 is 0 Å². The number of hydrogen-bond acceptors (Lipinski definition) is 4. The molecule has 0 saturated carbocycles. The molecule has 1 fully saturated rings. The van der Waals surface area contributed by atoms with Gasteiger partial charge in [-0.2, -0.15) is 5.10 Å². The Bertz CT molecular complexity index is 1020. The highest BCUT2D eigenvalue weighted by atomic mass is 19.1. The molecule has 1 aliphatic heterocycles. The summed E-state index contributed by atoms with van der Waals surface area (Å²) in [7, 11) is 0. The Morgan fingerprint density at radius 3 is 2.75 bits per heavy atom. The fourth-order valence-corrected chi connectivity index (χ4v) is 3.68. The second kappa shape index (κ2) is 7.67. The Balaban J connectivity index is 1.59. The van der Waals surface area contributed by atoms with Gasteiger partial charge in [0.25, 0.3) is 0 Å². The molecular weight excluding hydrogens is 359 g/mol. The van der Waals surface area contributed by atoms with E-state index in [1.165, 1.54) is 12.1 Å². The molecule has 1 saturated heterocycles. The molecule has 0 aliphatic carbocycles. The van der Waals surface area contributed by atoms with Crippen molar-refractivity contribution >= 4 is 11.6 Å². The van der Waals surface area contributed by atoms with Crippen LogP contribution in [0.25, 0.3) is 16.9 Å². The molecule has 0 N–H and O–H groups in total. The third kappa shape index (κ3) is 3.62. The van der Waals surface area contributed by atoms with E-state index < -0.39 is 0 Å². The lowest BCUT2D eigenvalue weighted by molar-refractivity contribution is -0.135. The lowest BCUT2D eigenvalue weighted by Gasteiger charge is -2.27. The summed E-state index contributed by atoms with van der Waals surface area (Å²) in [6.45, 7) is 6.46. The minimum atomic E-state index is -0.294. The van der Waals surface area contributed by atoms with Gasteiger partial charge in [-0.05, 0) is 38.0 Å². The summed E-state index contributed by atoms with van der Waals surface area (Å²) in [4.78, 5) is 19.0. The molecule has 1 amide bonds. The van der Waals surface area contributed by atoms with Gasteiger partial charge in [-0.25, -0.2) is 13.9 Å². The molecule has 3 aromatic rings. The molecule has 0 bridgehead atoms. The zero-order chi connectivity index (χ0) is 19.7. The largest absolute Gasteiger partial charge is 0.378 e. The van der Waals surface area contributed by atoms with E-state index in [0.717, 1.165) is 22.6 Å². The molecule has 28 heavy (non-hydrogen) atoms. The number of aromatic nitrogens is 3. The maximum Gasteiger partial charge on any atom is 0.223 e. The van der Waals surface area contributed by atoms with E-state index in [2.05, 4.69) is 10.1 Å². The number of amides is 1. The summed E-state index contributed by atoms with van der Waals surface area (Å²) < 4.78 is 20.6. The molecular formula is C21H23FN4O2. The third-order valence-electron chi connectivity index (χ3n) is 5.24. The van der Waals surface area contributed by atoms with Gasteiger partial charge in [-0.1, -0.05) is 12.1 Å². The molecule has 2 aromatic heterocycles. The molecule has 6 nitrogen and oxygen atoms in total. The van der Waals surface area contributed by atoms with Crippen LogP contribution in [-0.4, -0.2) is 51.7 Å². The number of rotatable bonds is 4. The number of carbonyl (C=O) groups is 1. The van der Waals surface area contributed by atoms with E-state index in [9.17, 15) is 9.18 Å². The predicted molar refractivity (Wildman–Crippen MR) is 104 cm³/mol. The summed E-state index contributed by atoms with van der Waals surface area (Å²) in [5, 5.41) is 4.62. The summed E-state index contributed by atoms with van der Waals surface area (Å²) in [5.41, 5.74) is 4.99. The van der Waals surface area contributed by atoms with Gasteiger partial charge in [0.1, 0.15) is 5.82 Å². The maximum absolute atomic E-state index is 13.6. The van der Waals surface area contributed by atoms with Crippen molar-refractivity contribution in [2.45, 2.75) is 26.7 Å². The first-order valence-electron chi connectivity index (χ1n) is 9.50. The number of nitrogens with zero attached hydrogens (tertiary/aromatic N) is 4. The third-order valence-corrected chi connectivity index (χ3v) is 5.24. The number of carbonyl (C=O) groups excluding carboxylic acids is 1. The average Bonchev–Trinajstić information content (AvgIpc) is 3.12. The Kier molecular flexibility index (Phi) is 5.09. The van der Waals surface area contributed by atoms with Crippen LogP contribution >= 0.6 is 0 Å². The van der Waals surface area contributed by atoms with Gasteiger partial charge in [0.05, 0.1) is 18.9 Å². The molecule has 7 heteroatoms. The quantitative estimate of drug-likeness (QED) is 0.696. The van der Waals surface area contributed by atoms with Crippen LogP contribution in [0.4, 0.5) is 4.39 Å². The molecule has 1 aromatic carbocycles. The highest BCUT2D eigenvalue weighted by molar-refractivity contribution is 5.76. The minimum Gasteiger partial charge on any atom is -0.378 e. The highest BCUT2D eigenvalue weighted by Crippen LogP contribution is 2.23. The van der Waals surface area contributed by atoms with Gasteiger partial charge in [0.2, 0.25) is 5.91 Å². The van der Waals surface area contributed by atoms with E-state index in [1.54, 1.807) is 10.6 Å². The van der Waals surface area contributed by atoms with E-state index in [-0.39, 0.29) is 11.7 Å². The van der Waals surface area contributed by atoms with Gasteiger partial charge >= 0.3 is 0 Å². The Morgan fingerprint density at radius 2 is 2.00 bits per heavy atom. The minimum absolute atomic E-state index is 0.142. The van der Waals surface area contributed by atoms with Crippen molar-refractivity contribution < 1.29 is 13.9 Å². The summed E-state index contributed by atoms with van der Waals surface area (Å²) in [5.74, 6) is -0.152. The second-order valence-electron chi connectivity index (χ2n) is 7.06. The van der Waals surface area contributed by atoms with Crippen molar-refractivity contribution in [3.63, 3.8) is 0 Å². The van der Waals surface area contributed by atoms with Crippen LogP contribution in [0.15, 0.2) is 30.3 Å². The monoisotopic (exact) mass is 382 g/mol. The number of aryl methyl sites for hydroxylation is 2. The first-order chi connectivity index (χ1) is 13.5. The summed E-state index contributed by atoms with van der Waals surface area (Å²) >= 11 is 0. The van der Waals surface area contributed by atoms with Gasteiger partial charge in [0, 0.05) is 42.5 Å².